The lowest BCUT2D eigenvalue weighted by Gasteiger charge is -2.43. The Morgan fingerprint density at radius 3 is 2.29 bits per heavy atom. The van der Waals surface area contributed by atoms with Gasteiger partial charge in [-0.15, -0.1) is 0 Å². The number of hydrogen-bond donors (Lipinski definition) is 0. The van der Waals surface area contributed by atoms with Gasteiger partial charge in [-0.1, -0.05) is 18.2 Å². The molecule has 2 aliphatic rings. The van der Waals surface area contributed by atoms with Crippen molar-refractivity contribution >= 4 is 11.8 Å². The van der Waals surface area contributed by atoms with E-state index in [9.17, 15) is 9.59 Å². The molecule has 1 unspecified atom stereocenters. The minimum Gasteiger partial charge on any atom is -0.493 e. The molecule has 2 aliphatic heterocycles. The Morgan fingerprint density at radius 1 is 0.857 bits per heavy atom. The van der Waals surface area contributed by atoms with Gasteiger partial charge in [0.15, 0.2) is 11.5 Å². The first-order chi connectivity index (χ1) is 17.0. The van der Waals surface area contributed by atoms with E-state index < -0.39 is 5.41 Å². The maximum absolute atomic E-state index is 13.5. The minimum atomic E-state index is -0.436. The van der Waals surface area contributed by atoms with Crippen LogP contribution in [-0.4, -0.2) is 68.6 Å². The number of amides is 2. The number of ether oxygens (including phenoxy) is 3. The van der Waals surface area contributed by atoms with E-state index in [-0.39, 0.29) is 11.8 Å². The fraction of sp³-hybridized carbons (Fsp3) is 0.500. The van der Waals surface area contributed by atoms with Crippen LogP contribution in [0, 0.1) is 5.41 Å². The average Bonchev–Trinajstić information content (AvgIpc) is 2.92. The highest BCUT2D eigenvalue weighted by atomic mass is 16.5. The molecule has 0 aliphatic carbocycles. The number of methoxy groups -OCH3 is 2. The summed E-state index contributed by atoms with van der Waals surface area (Å²) in [5.74, 6) is 1.98. The summed E-state index contributed by atoms with van der Waals surface area (Å²) in [5, 5.41) is 0. The summed E-state index contributed by atoms with van der Waals surface area (Å²) in [6.45, 7) is 3.17. The van der Waals surface area contributed by atoms with E-state index in [1.807, 2.05) is 40.1 Å². The van der Waals surface area contributed by atoms with Crippen LogP contribution in [0.3, 0.4) is 0 Å². The molecule has 1 atom stereocenters. The molecule has 35 heavy (non-hydrogen) atoms. The number of benzene rings is 2. The van der Waals surface area contributed by atoms with Crippen molar-refractivity contribution in [1.29, 1.82) is 0 Å². The van der Waals surface area contributed by atoms with Gasteiger partial charge in [-0.05, 0) is 62.4 Å². The van der Waals surface area contributed by atoms with Gasteiger partial charge in [0.25, 0.3) is 5.91 Å². The third kappa shape index (κ3) is 6.08. The van der Waals surface area contributed by atoms with Crippen molar-refractivity contribution in [2.24, 2.45) is 5.41 Å². The fourth-order valence-corrected chi connectivity index (χ4v) is 5.18. The van der Waals surface area contributed by atoms with Crippen LogP contribution in [0.15, 0.2) is 48.5 Å². The van der Waals surface area contributed by atoms with E-state index >= 15 is 0 Å². The number of rotatable bonds is 8. The molecule has 4 rings (SSSR count). The third-order valence-corrected chi connectivity index (χ3v) is 7.10. The van der Waals surface area contributed by atoms with Crippen LogP contribution in [-0.2, 0) is 4.79 Å². The smallest absolute Gasteiger partial charge is 0.254 e. The normalized spacial score (nSPS) is 20.3. The van der Waals surface area contributed by atoms with Gasteiger partial charge < -0.3 is 24.0 Å². The number of likely N-dealkylation sites (tertiary alicyclic amines) is 2. The van der Waals surface area contributed by atoms with Crippen molar-refractivity contribution in [3.8, 4) is 17.2 Å². The Balaban J connectivity index is 1.54. The largest absolute Gasteiger partial charge is 0.493 e. The second-order valence-corrected chi connectivity index (χ2v) is 9.62. The summed E-state index contributed by atoms with van der Waals surface area (Å²) < 4.78 is 16.9. The Labute approximate surface area is 207 Å². The maximum atomic E-state index is 13.5. The van der Waals surface area contributed by atoms with Gasteiger partial charge in [0.05, 0.1) is 20.8 Å². The maximum Gasteiger partial charge on any atom is 0.254 e. The first-order valence-corrected chi connectivity index (χ1v) is 12.5. The summed E-state index contributed by atoms with van der Waals surface area (Å²) >= 11 is 0. The Kier molecular flexibility index (Phi) is 8.16. The molecule has 0 radical (unpaired) electrons. The quantitative estimate of drug-likeness (QED) is 0.560. The highest BCUT2D eigenvalue weighted by Crippen LogP contribution is 2.37. The highest BCUT2D eigenvalue weighted by Gasteiger charge is 2.41. The summed E-state index contributed by atoms with van der Waals surface area (Å²) in [6, 6.07) is 14.9. The first kappa shape index (κ1) is 24.9. The van der Waals surface area contributed by atoms with Crippen molar-refractivity contribution in [3.05, 3.63) is 54.1 Å². The van der Waals surface area contributed by atoms with E-state index in [2.05, 4.69) is 0 Å². The van der Waals surface area contributed by atoms with E-state index in [4.69, 9.17) is 14.2 Å². The fourth-order valence-electron chi connectivity index (χ4n) is 5.18. The Hall–Kier alpha value is -3.22. The van der Waals surface area contributed by atoms with Crippen LogP contribution in [0.25, 0.3) is 0 Å². The van der Waals surface area contributed by atoms with Gasteiger partial charge in [0.1, 0.15) is 5.75 Å². The van der Waals surface area contributed by atoms with Gasteiger partial charge in [0, 0.05) is 43.6 Å². The molecular formula is C28H36N2O5. The van der Waals surface area contributed by atoms with Crippen molar-refractivity contribution < 1.29 is 23.8 Å². The predicted molar refractivity (Wildman–Crippen MR) is 134 cm³/mol. The molecule has 2 aromatic rings. The van der Waals surface area contributed by atoms with Crippen molar-refractivity contribution in [2.75, 3.05) is 47.0 Å². The SMILES string of the molecule is COc1ccc(C(=O)N2CCCC(COc3ccccc3)(CC(=O)N3CCCCC3)C2)cc1OC. The molecule has 7 nitrogen and oxygen atoms in total. The Morgan fingerprint density at radius 2 is 1.57 bits per heavy atom. The van der Waals surface area contributed by atoms with Gasteiger partial charge in [-0.3, -0.25) is 9.59 Å². The average molecular weight is 481 g/mol. The molecule has 188 valence electrons. The molecule has 2 aromatic carbocycles. The predicted octanol–water partition coefficient (Wildman–Crippen LogP) is 4.41. The number of piperidine rings is 2. The van der Waals surface area contributed by atoms with E-state index in [1.54, 1.807) is 32.4 Å². The summed E-state index contributed by atoms with van der Waals surface area (Å²) in [6.07, 6.45) is 5.35. The molecule has 0 bridgehead atoms. The second kappa shape index (κ2) is 11.5. The van der Waals surface area contributed by atoms with Crippen LogP contribution in [0.1, 0.15) is 48.9 Å². The molecule has 0 aromatic heterocycles. The summed E-state index contributed by atoms with van der Waals surface area (Å²) in [7, 11) is 3.13. The molecule has 0 N–H and O–H groups in total. The van der Waals surface area contributed by atoms with Crippen LogP contribution in [0.2, 0.25) is 0 Å². The number of nitrogens with zero attached hydrogens (tertiary/aromatic N) is 2. The lowest BCUT2D eigenvalue weighted by molar-refractivity contribution is -0.136. The lowest BCUT2D eigenvalue weighted by Crippen LogP contribution is -2.51. The second-order valence-electron chi connectivity index (χ2n) is 9.62. The molecule has 0 saturated carbocycles. The van der Waals surface area contributed by atoms with Crippen LogP contribution in [0.4, 0.5) is 0 Å². The molecule has 2 fully saturated rings. The van der Waals surface area contributed by atoms with Crippen molar-refractivity contribution in [1.82, 2.24) is 9.80 Å². The minimum absolute atomic E-state index is 0.0693. The zero-order valence-electron chi connectivity index (χ0n) is 20.8. The van der Waals surface area contributed by atoms with E-state index in [1.165, 1.54) is 6.42 Å². The zero-order valence-corrected chi connectivity index (χ0v) is 20.8. The van der Waals surface area contributed by atoms with Crippen molar-refractivity contribution in [2.45, 2.75) is 38.5 Å². The monoisotopic (exact) mass is 480 g/mol. The number of para-hydroxylation sites is 1. The van der Waals surface area contributed by atoms with Gasteiger partial charge in [0.2, 0.25) is 5.91 Å². The number of hydrogen-bond acceptors (Lipinski definition) is 5. The van der Waals surface area contributed by atoms with E-state index in [0.717, 1.165) is 44.5 Å². The van der Waals surface area contributed by atoms with Crippen molar-refractivity contribution in [3.63, 3.8) is 0 Å². The van der Waals surface area contributed by atoms with Gasteiger partial charge in [-0.25, -0.2) is 0 Å². The standard InChI is InChI=1S/C28H36N2O5/c1-33-24-13-12-22(18-25(24)34-2)27(32)30-17-9-14-28(20-30,21-35-23-10-5-3-6-11-23)19-26(31)29-15-7-4-8-16-29/h3,5-6,10-13,18H,4,7-9,14-17,19-21H2,1-2H3. The number of carbonyl (C=O) groups excluding carboxylic acids is 2. The molecule has 2 amide bonds. The molecule has 2 heterocycles. The summed E-state index contributed by atoms with van der Waals surface area (Å²) in [5.41, 5.74) is 0.110. The number of carbonyl (C=O) groups is 2. The molecule has 0 spiro atoms. The highest BCUT2D eigenvalue weighted by molar-refractivity contribution is 5.95. The molecule has 7 heteroatoms. The van der Waals surface area contributed by atoms with Gasteiger partial charge >= 0.3 is 0 Å². The topological polar surface area (TPSA) is 68.3 Å². The van der Waals surface area contributed by atoms with Crippen LogP contribution < -0.4 is 14.2 Å². The van der Waals surface area contributed by atoms with Crippen LogP contribution >= 0.6 is 0 Å². The third-order valence-electron chi connectivity index (χ3n) is 7.10. The lowest BCUT2D eigenvalue weighted by atomic mass is 9.77. The van der Waals surface area contributed by atoms with Gasteiger partial charge in [-0.2, -0.15) is 0 Å². The Bertz CT molecular complexity index is 1010. The first-order valence-electron chi connectivity index (χ1n) is 12.5. The molecule has 2 saturated heterocycles. The zero-order chi connectivity index (χ0) is 24.7. The summed E-state index contributed by atoms with van der Waals surface area (Å²) in [4.78, 5) is 30.7. The van der Waals surface area contributed by atoms with Crippen LogP contribution in [0.5, 0.6) is 17.2 Å². The molecular weight excluding hydrogens is 444 g/mol. The van der Waals surface area contributed by atoms with E-state index in [0.29, 0.717) is 43.2 Å².